The Labute approximate surface area is 187 Å². The summed E-state index contributed by atoms with van der Waals surface area (Å²) < 4.78 is 0. The van der Waals surface area contributed by atoms with E-state index in [0.717, 1.165) is 74.7 Å². The second-order valence-electron chi connectivity index (χ2n) is 7.45. The number of unbranched alkanes of at least 4 members (excludes halogenated alkanes) is 2. The van der Waals surface area contributed by atoms with Crippen LogP contribution >= 0.6 is 24.4 Å². The zero-order valence-corrected chi connectivity index (χ0v) is 19.1. The van der Waals surface area contributed by atoms with Crippen molar-refractivity contribution in [3.63, 3.8) is 0 Å². The van der Waals surface area contributed by atoms with Crippen LogP contribution in [0.15, 0.2) is 47.9 Å². The summed E-state index contributed by atoms with van der Waals surface area (Å²) in [4.78, 5) is 2.03. The molecule has 0 heterocycles. The van der Waals surface area contributed by atoms with Gasteiger partial charge in [0, 0.05) is 47.1 Å². The van der Waals surface area contributed by atoms with Crippen molar-refractivity contribution in [1.82, 2.24) is 21.3 Å². The molecule has 0 saturated carbocycles. The third-order valence-electron chi connectivity index (χ3n) is 4.87. The molecule has 160 valence electrons. The van der Waals surface area contributed by atoms with E-state index in [1.165, 1.54) is 30.7 Å². The standard InChI is InChI=1S/C23H36N4S2/c28-22-10-6-20(7-11-22)26-18-4-16-24-14-2-1-3-15-25-17-5-19-27-21-8-12-23(29)13-9-21/h6-10,12,24-27H,1-5,11,13-19H2. The van der Waals surface area contributed by atoms with Crippen LogP contribution in [-0.4, -0.2) is 49.0 Å². The predicted octanol–water partition coefficient (Wildman–Crippen LogP) is 3.72. The summed E-state index contributed by atoms with van der Waals surface area (Å²) in [6.45, 7) is 6.40. The zero-order valence-electron chi connectivity index (χ0n) is 17.5. The van der Waals surface area contributed by atoms with Gasteiger partial charge in [-0.1, -0.05) is 43.0 Å². The van der Waals surface area contributed by atoms with Crippen LogP contribution in [0.1, 0.15) is 44.9 Å². The van der Waals surface area contributed by atoms with Crippen LogP contribution in [0.25, 0.3) is 0 Å². The molecule has 2 aliphatic rings. The maximum absolute atomic E-state index is 5.15. The number of hydrogen-bond acceptors (Lipinski definition) is 6. The number of allylic oxidation sites excluding steroid dienone is 6. The predicted molar refractivity (Wildman–Crippen MR) is 134 cm³/mol. The molecule has 0 spiro atoms. The minimum atomic E-state index is 0.892. The second-order valence-corrected chi connectivity index (χ2v) is 8.50. The summed E-state index contributed by atoms with van der Waals surface area (Å²) in [6.07, 6.45) is 20.4. The highest BCUT2D eigenvalue weighted by atomic mass is 32.1. The van der Waals surface area contributed by atoms with E-state index in [2.05, 4.69) is 45.6 Å². The van der Waals surface area contributed by atoms with Gasteiger partial charge in [0.25, 0.3) is 0 Å². The Morgan fingerprint density at radius 2 is 1.00 bits per heavy atom. The molecule has 6 heteroatoms. The van der Waals surface area contributed by atoms with Crippen molar-refractivity contribution in [3.05, 3.63) is 47.9 Å². The average molecular weight is 433 g/mol. The molecule has 2 rings (SSSR count). The van der Waals surface area contributed by atoms with Crippen molar-refractivity contribution in [2.75, 3.05) is 39.3 Å². The van der Waals surface area contributed by atoms with E-state index in [-0.39, 0.29) is 0 Å². The van der Waals surface area contributed by atoms with Crippen LogP contribution in [0.4, 0.5) is 0 Å². The summed E-state index contributed by atoms with van der Waals surface area (Å²) >= 11 is 10.3. The molecule has 0 amide bonds. The molecule has 29 heavy (non-hydrogen) atoms. The van der Waals surface area contributed by atoms with Gasteiger partial charge in [0.05, 0.1) is 0 Å². The quantitative estimate of drug-likeness (QED) is 0.220. The van der Waals surface area contributed by atoms with Gasteiger partial charge in [0.2, 0.25) is 0 Å². The van der Waals surface area contributed by atoms with Crippen LogP contribution in [0.5, 0.6) is 0 Å². The lowest BCUT2D eigenvalue weighted by molar-refractivity contribution is 0.554. The van der Waals surface area contributed by atoms with Gasteiger partial charge in [-0.2, -0.15) is 0 Å². The molecular formula is C23H36N4S2. The Kier molecular flexibility index (Phi) is 12.8. The van der Waals surface area contributed by atoms with E-state index in [4.69, 9.17) is 24.4 Å². The van der Waals surface area contributed by atoms with Gasteiger partial charge in [-0.15, -0.1) is 0 Å². The summed E-state index contributed by atoms with van der Waals surface area (Å²) in [5.41, 5.74) is 2.41. The molecule has 0 unspecified atom stereocenters. The summed E-state index contributed by atoms with van der Waals surface area (Å²) in [6, 6.07) is 0. The van der Waals surface area contributed by atoms with Crippen molar-refractivity contribution in [2.24, 2.45) is 0 Å². The molecule has 0 atom stereocenters. The fourth-order valence-electron chi connectivity index (χ4n) is 3.14. The molecule has 0 aromatic heterocycles. The van der Waals surface area contributed by atoms with Gasteiger partial charge >= 0.3 is 0 Å². The lowest BCUT2D eigenvalue weighted by Crippen LogP contribution is -2.23. The lowest BCUT2D eigenvalue weighted by atomic mass is 10.1. The van der Waals surface area contributed by atoms with E-state index in [9.17, 15) is 0 Å². The first-order valence-electron chi connectivity index (χ1n) is 11.0. The van der Waals surface area contributed by atoms with E-state index in [0.29, 0.717) is 0 Å². The third kappa shape index (κ3) is 12.1. The van der Waals surface area contributed by atoms with Gasteiger partial charge < -0.3 is 21.3 Å². The number of rotatable bonds is 16. The Morgan fingerprint density at radius 3 is 1.41 bits per heavy atom. The summed E-state index contributed by atoms with van der Waals surface area (Å²) in [7, 11) is 0. The molecule has 0 saturated heterocycles. The fourth-order valence-corrected chi connectivity index (χ4v) is 3.44. The smallest absolute Gasteiger partial charge is 0.0303 e. The topological polar surface area (TPSA) is 48.1 Å². The molecule has 0 bridgehead atoms. The van der Waals surface area contributed by atoms with Gasteiger partial charge in [-0.3, -0.25) is 0 Å². The Morgan fingerprint density at radius 1 is 0.552 bits per heavy atom. The second kappa shape index (κ2) is 15.5. The molecule has 4 nitrogen and oxygen atoms in total. The van der Waals surface area contributed by atoms with Crippen LogP contribution in [-0.2, 0) is 0 Å². The SMILES string of the molecule is S=C1C=CC(NCCCNCCCCCNCCCNC2=CCC(=S)C=C2)=CC1. The van der Waals surface area contributed by atoms with Gasteiger partial charge in [0.1, 0.15) is 0 Å². The van der Waals surface area contributed by atoms with Crippen LogP contribution < -0.4 is 21.3 Å². The van der Waals surface area contributed by atoms with Crippen molar-refractivity contribution < 1.29 is 0 Å². The largest absolute Gasteiger partial charge is 0.385 e. The number of nitrogens with one attached hydrogen (secondary N) is 4. The van der Waals surface area contributed by atoms with Gasteiger partial charge in [-0.05, 0) is 76.2 Å². The molecule has 4 N–H and O–H groups in total. The first-order valence-corrected chi connectivity index (χ1v) is 11.8. The first-order chi connectivity index (χ1) is 14.2. The van der Waals surface area contributed by atoms with Gasteiger partial charge in [-0.25, -0.2) is 0 Å². The van der Waals surface area contributed by atoms with Crippen LogP contribution in [0, 0.1) is 0 Å². The van der Waals surface area contributed by atoms with E-state index >= 15 is 0 Å². The molecule has 2 aliphatic carbocycles. The van der Waals surface area contributed by atoms with Crippen molar-refractivity contribution in [3.8, 4) is 0 Å². The Hall–Kier alpha value is -1.34. The summed E-state index contributed by atoms with van der Waals surface area (Å²) in [5.74, 6) is 0. The highest BCUT2D eigenvalue weighted by Gasteiger charge is 2.00. The Balaban J connectivity index is 1.27. The first kappa shape index (κ1) is 23.9. The molecule has 0 radical (unpaired) electrons. The minimum absolute atomic E-state index is 0.892. The molecule has 0 aromatic carbocycles. The van der Waals surface area contributed by atoms with Crippen LogP contribution in [0.3, 0.4) is 0 Å². The van der Waals surface area contributed by atoms with Crippen molar-refractivity contribution >= 4 is 34.2 Å². The molecule has 0 fully saturated rings. The zero-order chi connectivity index (χ0) is 20.6. The fraction of sp³-hybridized carbons (Fsp3) is 0.565. The monoisotopic (exact) mass is 432 g/mol. The molecule has 0 aliphatic heterocycles. The van der Waals surface area contributed by atoms with E-state index in [1.54, 1.807) is 0 Å². The normalized spacial score (nSPS) is 16.0. The van der Waals surface area contributed by atoms with Crippen molar-refractivity contribution in [1.29, 1.82) is 0 Å². The average Bonchev–Trinajstić information content (AvgIpc) is 2.73. The molecular weight excluding hydrogens is 396 g/mol. The van der Waals surface area contributed by atoms with Crippen molar-refractivity contribution in [2.45, 2.75) is 44.9 Å². The maximum atomic E-state index is 5.15. The number of hydrogen-bond donors (Lipinski definition) is 4. The Bertz CT molecular complexity index is 581. The minimum Gasteiger partial charge on any atom is -0.385 e. The van der Waals surface area contributed by atoms with E-state index < -0.39 is 0 Å². The molecule has 0 aromatic rings. The third-order valence-corrected chi connectivity index (χ3v) is 5.48. The highest BCUT2D eigenvalue weighted by Crippen LogP contribution is 2.06. The lowest BCUT2D eigenvalue weighted by Gasteiger charge is -2.11. The summed E-state index contributed by atoms with van der Waals surface area (Å²) in [5, 5.41) is 14.0. The van der Waals surface area contributed by atoms with Gasteiger partial charge in [0.15, 0.2) is 0 Å². The van der Waals surface area contributed by atoms with E-state index in [1.807, 2.05) is 12.2 Å². The van der Waals surface area contributed by atoms with Crippen LogP contribution in [0.2, 0.25) is 0 Å². The maximum Gasteiger partial charge on any atom is 0.0303 e. The number of thiocarbonyl (C=S) groups is 2. The highest BCUT2D eigenvalue weighted by molar-refractivity contribution is 7.81.